The molecule has 1 fully saturated rings. The summed E-state index contributed by atoms with van der Waals surface area (Å²) in [6.07, 6.45) is 5.57. The van der Waals surface area contributed by atoms with E-state index in [0.717, 1.165) is 44.0 Å². The molecule has 2 heterocycles. The number of fused-ring (bicyclic) bond motifs is 1. The molecule has 0 radical (unpaired) electrons. The summed E-state index contributed by atoms with van der Waals surface area (Å²) >= 11 is 0. The van der Waals surface area contributed by atoms with Gasteiger partial charge in [-0.05, 0) is 79.1 Å². The quantitative estimate of drug-likeness (QED) is 0.494. The van der Waals surface area contributed by atoms with E-state index < -0.39 is 0 Å². The minimum absolute atomic E-state index is 0.0354. The second-order valence-electron chi connectivity index (χ2n) is 10.7. The number of nitrogens with zero attached hydrogens (tertiary/aromatic N) is 2. The number of hydrogen-bond acceptors (Lipinski definition) is 4. The average molecular weight is 479 g/mol. The molecule has 190 valence electrons. The maximum atomic E-state index is 13.7. The summed E-state index contributed by atoms with van der Waals surface area (Å²) in [6, 6.07) is 13.2. The van der Waals surface area contributed by atoms with Crippen molar-refractivity contribution < 1.29 is 14.3 Å². The molecule has 0 N–H and O–H groups in total. The van der Waals surface area contributed by atoms with Crippen LogP contribution in [0, 0.1) is 5.92 Å². The number of ether oxygens (including phenoxy) is 2. The van der Waals surface area contributed by atoms with Gasteiger partial charge in [0.1, 0.15) is 0 Å². The molecule has 2 unspecified atom stereocenters. The summed E-state index contributed by atoms with van der Waals surface area (Å²) < 4.78 is 11.3. The van der Waals surface area contributed by atoms with Gasteiger partial charge in [-0.3, -0.25) is 9.69 Å². The smallest absolute Gasteiger partial charge is 0.237 e. The predicted octanol–water partition coefficient (Wildman–Crippen LogP) is 5.62. The first kappa shape index (κ1) is 25.6. The zero-order chi connectivity index (χ0) is 24.9. The Labute approximate surface area is 211 Å². The zero-order valence-electron chi connectivity index (χ0n) is 22.2. The highest BCUT2D eigenvalue weighted by atomic mass is 16.5. The number of piperidine rings is 1. The fourth-order valence-corrected chi connectivity index (χ4v) is 5.81. The summed E-state index contributed by atoms with van der Waals surface area (Å²) in [7, 11) is 3.36. The van der Waals surface area contributed by atoms with E-state index >= 15 is 0 Å². The molecular formula is C30H42N2O3. The van der Waals surface area contributed by atoms with E-state index in [2.05, 4.69) is 67.0 Å². The van der Waals surface area contributed by atoms with Crippen LogP contribution in [0.3, 0.4) is 0 Å². The summed E-state index contributed by atoms with van der Waals surface area (Å²) in [6.45, 7) is 10.1. The number of rotatable bonds is 8. The van der Waals surface area contributed by atoms with Gasteiger partial charge in [-0.1, -0.05) is 51.5 Å². The zero-order valence-corrected chi connectivity index (χ0v) is 22.2. The molecule has 1 saturated heterocycles. The minimum Gasteiger partial charge on any atom is -0.493 e. The fourth-order valence-electron chi connectivity index (χ4n) is 5.81. The van der Waals surface area contributed by atoms with Crippen LogP contribution in [0.4, 0.5) is 0 Å². The highest BCUT2D eigenvalue weighted by Crippen LogP contribution is 2.44. The summed E-state index contributed by atoms with van der Waals surface area (Å²) in [5.41, 5.74) is 5.06. The molecule has 1 amide bonds. The van der Waals surface area contributed by atoms with Crippen molar-refractivity contribution in [1.29, 1.82) is 0 Å². The molecule has 2 aromatic rings. The largest absolute Gasteiger partial charge is 0.493 e. The fraction of sp³-hybridized carbons (Fsp3) is 0.567. The first-order valence-electron chi connectivity index (χ1n) is 13.3. The molecule has 0 aromatic heterocycles. The van der Waals surface area contributed by atoms with Gasteiger partial charge in [0.2, 0.25) is 5.91 Å². The molecule has 2 aliphatic rings. The predicted molar refractivity (Wildman–Crippen MR) is 141 cm³/mol. The highest BCUT2D eigenvalue weighted by Gasteiger charge is 2.36. The maximum Gasteiger partial charge on any atom is 0.237 e. The van der Waals surface area contributed by atoms with Crippen molar-refractivity contribution in [3.8, 4) is 11.5 Å². The Hall–Kier alpha value is -2.53. The minimum atomic E-state index is -0.0354. The lowest BCUT2D eigenvalue weighted by molar-refractivity contribution is -0.136. The Kier molecular flexibility index (Phi) is 8.38. The van der Waals surface area contributed by atoms with Crippen LogP contribution in [0.25, 0.3) is 0 Å². The molecule has 0 spiro atoms. The molecule has 5 heteroatoms. The summed E-state index contributed by atoms with van der Waals surface area (Å²) in [5.74, 6) is 2.50. The second-order valence-corrected chi connectivity index (χ2v) is 10.7. The van der Waals surface area contributed by atoms with Crippen molar-refractivity contribution in [1.82, 2.24) is 9.80 Å². The van der Waals surface area contributed by atoms with Crippen LogP contribution >= 0.6 is 0 Å². The number of carbonyl (C=O) groups is 1. The second kappa shape index (κ2) is 11.5. The van der Waals surface area contributed by atoms with Crippen molar-refractivity contribution in [3.63, 3.8) is 0 Å². The monoisotopic (exact) mass is 478 g/mol. The van der Waals surface area contributed by atoms with E-state index in [1.54, 1.807) is 14.2 Å². The van der Waals surface area contributed by atoms with Crippen LogP contribution in [0.2, 0.25) is 0 Å². The molecule has 4 rings (SSSR count). The Morgan fingerprint density at radius 2 is 1.60 bits per heavy atom. The van der Waals surface area contributed by atoms with Crippen molar-refractivity contribution in [3.05, 3.63) is 58.7 Å². The van der Waals surface area contributed by atoms with Gasteiger partial charge in [0, 0.05) is 12.5 Å². The van der Waals surface area contributed by atoms with Crippen molar-refractivity contribution >= 4 is 5.91 Å². The van der Waals surface area contributed by atoms with Gasteiger partial charge < -0.3 is 14.4 Å². The Bertz CT molecular complexity index is 995. The average Bonchev–Trinajstić information content (AvgIpc) is 2.87. The molecular weight excluding hydrogens is 436 g/mol. The Balaban J connectivity index is 1.68. The maximum absolute atomic E-state index is 13.7. The molecule has 0 aliphatic carbocycles. The number of benzene rings is 2. The normalized spacial score (nSPS) is 19.4. The van der Waals surface area contributed by atoms with Crippen LogP contribution in [0.15, 0.2) is 36.4 Å². The highest BCUT2D eigenvalue weighted by molar-refractivity contribution is 5.79. The topological polar surface area (TPSA) is 42.0 Å². The number of amides is 1. The SMILES string of the molecule is COc1cc2c(cc1OC)C(C(C)c1ccc(CC(C)C)cc1)N(C(=O)CN1CCCCC1)CC2. The first-order chi connectivity index (χ1) is 16.9. The van der Waals surface area contributed by atoms with Gasteiger partial charge in [0.15, 0.2) is 11.5 Å². The molecule has 5 nitrogen and oxygen atoms in total. The van der Waals surface area contributed by atoms with Crippen LogP contribution in [-0.2, 0) is 17.6 Å². The van der Waals surface area contributed by atoms with Gasteiger partial charge >= 0.3 is 0 Å². The number of hydrogen-bond donors (Lipinski definition) is 0. The van der Waals surface area contributed by atoms with Crippen LogP contribution in [0.5, 0.6) is 11.5 Å². The van der Waals surface area contributed by atoms with Crippen molar-refractivity contribution in [2.24, 2.45) is 5.92 Å². The third-order valence-corrected chi connectivity index (χ3v) is 7.67. The lowest BCUT2D eigenvalue weighted by atomic mass is 9.81. The molecule has 35 heavy (non-hydrogen) atoms. The molecule has 0 bridgehead atoms. The first-order valence-corrected chi connectivity index (χ1v) is 13.3. The van der Waals surface area contributed by atoms with E-state index in [9.17, 15) is 4.79 Å². The van der Waals surface area contributed by atoms with E-state index in [-0.39, 0.29) is 17.9 Å². The number of methoxy groups -OCH3 is 2. The Morgan fingerprint density at radius 3 is 2.23 bits per heavy atom. The van der Waals surface area contributed by atoms with Crippen LogP contribution in [-0.4, -0.2) is 56.1 Å². The number of likely N-dealkylation sites (tertiary alicyclic amines) is 1. The molecule has 2 atom stereocenters. The third-order valence-electron chi connectivity index (χ3n) is 7.67. The standard InChI is InChI=1S/C30H42N2O3/c1-21(2)17-23-9-11-24(12-10-23)22(3)30-26-19-28(35-5)27(34-4)18-25(26)13-16-32(30)29(33)20-31-14-7-6-8-15-31/h9-12,18-19,21-22,30H,6-8,13-17,20H2,1-5H3. The van der Waals surface area contributed by atoms with Crippen molar-refractivity contribution in [2.45, 2.75) is 64.8 Å². The Morgan fingerprint density at radius 1 is 0.943 bits per heavy atom. The molecule has 2 aliphatic heterocycles. The van der Waals surface area contributed by atoms with Gasteiger partial charge in [-0.2, -0.15) is 0 Å². The van der Waals surface area contributed by atoms with E-state index in [0.29, 0.717) is 12.5 Å². The van der Waals surface area contributed by atoms with Gasteiger partial charge in [0.25, 0.3) is 0 Å². The number of carbonyl (C=O) groups excluding carboxylic acids is 1. The lowest BCUT2D eigenvalue weighted by Gasteiger charge is -2.42. The summed E-state index contributed by atoms with van der Waals surface area (Å²) in [4.78, 5) is 18.2. The van der Waals surface area contributed by atoms with Crippen LogP contribution in [0.1, 0.15) is 74.2 Å². The van der Waals surface area contributed by atoms with E-state index in [1.807, 2.05) is 0 Å². The van der Waals surface area contributed by atoms with E-state index in [1.165, 1.54) is 41.5 Å². The van der Waals surface area contributed by atoms with Gasteiger partial charge in [-0.25, -0.2) is 0 Å². The summed E-state index contributed by atoms with van der Waals surface area (Å²) in [5, 5.41) is 0. The van der Waals surface area contributed by atoms with E-state index in [4.69, 9.17) is 9.47 Å². The van der Waals surface area contributed by atoms with Crippen LogP contribution < -0.4 is 9.47 Å². The third kappa shape index (κ3) is 5.83. The molecule has 0 saturated carbocycles. The van der Waals surface area contributed by atoms with Gasteiger partial charge in [0.05, 0.1) is 26.8 Å². The van der Waals surface area contributed by atoms with Crippen molar-refractivity contribution in [2.75, 3.05) is 40.4 Å². The van der Waals surface area contributed by atoms with Gasteiger partial charge in [-0.15, -0.1) is 0 Å². The lowest BCUT2D eigenvalue weighted by Crippen LogP contribution is -2.47. The molecule has 2 aromatic carbocycles.